The Hall–Kier alpha value is -1.74. The average Bonchev–Trinajstić information content (AvgIpc) is 3.30. The Balaban J connectivity index is 1.70. The molecule has 2 fully saturated rings. The van der Waals surface area contributed by atoms with Gasteiger partial charge in [-0.05, 0) is 6.07 Å². The van der Waals surface area contributed by atoms with E-state index in [0.29, 0.717) is 43.4 Å². The zero-order valence-electron chi connectivity index (χ0n) is 14.0. The van der Waals surface area contributed by atoms with Crippen molar-refractivity contribution in [2.45, 2.75) is 4.90 Å². The van der Waals surface area contributed by atoms with Crippen LogP contribution in [0.1, 0.15) is 0 Å². The van der Waals surface area contributed by atoms with Gasteiger partial charge in [0.05, 0.1) is 30.9 Å². The highest BCUT2D eigenvalue weighted by atomic mass is 32.2. The fourth-order valence-electron chi connectivity index (χ4n) is 3.92. The highest BCUT2D eigenvalue weighted by molar-refractivity contribution is 7.89. The molecule has 0 unspecified atom stereocenters. The number of ether oxygens (including phenoxy) is 2. The summed E-state index contributed by atoms with van der Waals surface area (Å²) >= 11 is 0. The smallest absolute Gasteiger partial charge is 0.243 e. The van der Waals surface area contributed by atoms with Crippen LogP contribution in [-0.2, 0) is 19.5 Å². The average molecular weight is 363 g/mol. The Kier molecular flexibility index (Phi) is 4.15. The number of methoxy groups -OCH3 is 1. The Bertz CT molecular complexity index is 853. The minimum absolute atomic E-state index is 0.170. The second-order valence-electron chi connectivity index (χ2n) is 6.79. The van der Waals surface area contributed by atoms with Crippen LogP contribution in [0.3, 0.4) is 0 Å². The number of H-pyrrole nitrogens is 1. The maximum Gasteiger partial charge on any atom is 0.243 e. The first-order valence-corrected chi connectivity index (χ1v) is 9.66. The van der Waals surface area contributed by atoms with Crippen LogP contribution < -0.4 is 0 Å². The number of fused-ring (bicyclic) bond motifs is 1. The van der Waals surface area contributed by atoms with Crippen LogP contribution in [0.5, 0.6) is 0 Å². The molecule has 2 aromatic rings. The molecule has 2 saturated heterocycles. The quantitative estimate of drug-likeness (QED) is 0.867. The second kappa shape index (κ2) is 6.21. The van der Waals surface area contributed by atoms with Gasteiger partial charge in [0.15, 0.2) is 0 Å². The first kappa shape index (κ1) is 16.7. The van der Waals surface area contributed by atoms with Gasteiger partial charge in [0, 0.05) is 48.9 Å². The number of nitrogens with zero attached hydrogens (tertiary/aromatic N) is 2. The van der Waals surface area contributed by atoms with E-state index in [1.165, 1.54) is 0 Å². The Morgan fingerprint density at radius 2 is 2.28 bits per heavy atom. The van der Waals surface area contributed by atoms with Gasteiger partial charge < -0.3 is 9.47 Å². The zero-order chi connectivity index (χ0) is 17.5. The highest BCUT2D eigenvalue weighted by Gasteiger charge is 2.53. The number of hydrogen-bond donors (Lipinski definition) is 1. The molecule has 25 heavy (non-hydrogen) atoms. The molecule has 4 rings (SSSR count). The molecule has 0 radical (unpaired) electrons. The number of hydrogen-bond acceptors (Lipinski definition) is 5. The maximum atomic E-state index is 13.3. The molecule has 0 spiro atoms. The van der Waals surface area contributed by atoms with Crippen molar-refractivity contribution >= 4 is 10.0 Å². The molecule has 2 aliphatic heterocycles. The lowest BCUT2D eigenvalue weighted by atomic mass is 9.82. The summed E-state index contributed by atoms with van der Waals surface area (Å²) in [4.78, 5) is 0.310. The van der Waals surface area contributed by atoms with E-state index in [4.69, 9.17) is 9.47 Å². The van der Waals surface area contributed by atoms with Crippen molar-refractivity contribution in [3.05, 3.63) is 36.7 Å². The van der Waals surface area contributed by atoms with E-state index in [0.717, 1.165) is 5.56 Å². The predicted molar refractivity (Wildman–Crippen MR) is 91.4 cm³/mol. The number of aromatic amines is 1. The zero-order valence-corrected chi connectivity index (χ0v) is 14.8. The largest absolute Gasteiger partial charge is 0.384 e. The van der Waals surface area contributed by atoms with Crippen LogP contribution in [0.25, 0.3) is 11.1 Å². The summed E-state index contributed by atoms with van der Waals surface area (Å²) < 4.78 is 39.2. The number of sulfonamides is 1. The van der Waals surface area contributed by atoms with Gasteiger partial charge >= 0.3 is 0 Å². The van der Waals surface area contributed by atoms with E-state index < -0.39 is 10.0 Å². The second-order valence-corrected chi connectivity index (χ2v) is 8.69. The molecule has 2 aliphatic rings. The van der Waals surface area contributed by atoms with Crippen LogP contribution in [0.15, 0.2) is 41.6 Å². The van der Waals surface area contributed by atoms with E-state index in [1.54, 1.807) is 35.9 Å². The minimum Gasteiger partial charge on any atom is -0.384 e. The maximum absolute atomic E-state index is 13.3. The third-order valence-corrected chi connectivity index (χ3v) is 7.11. The van der Waals surface area contributed by atoms with Crippen molar-refractivity contribution in [3.8, 4) is 11.1 Å². The lowest BCUT2D eigenvalue weighted by Crippen LogP contribution is -2.37. The normalized spacial score (nSPS) is 26.8. The van der Waals surface area contributed by atoms with Gasteiger partial charge in [0.25, 0.3) is 0 Å². The van der Waals surface area contributed by atoms with Crippen molar-refractivity contribution in [1.29, 1.82) is 0 Å². The Labute approximate surface area is 147 Å². The van der Waals surface area contributed by atoms with Crippen LogP contribution in [0, 0.1) is 11.3 Å². The number of nitrogens with one attached hydrogen (secondary N) is 1. The fraction of sp³-hybridized carbons (Fsp3) is 0.471. The summed E-state index contributed by atoms with van der Waals surface area (Å²) in [6.45, 7) is 2.52. The third kappa shape index (κ3) is 2.69. The first-order chi connectivity index (χ1) is 12.1. The van der Waals surface area contributed by atoms with Gasteiger partial charge in [0.1, 0.15) is 0 Å². The van der Waals surface area contributed by atoms with Crippen molar-refractivity contribution in [2.24, 2.45) is 11.3 Å². The van der Waals surface area contributed by atoms with Crippen LogP contribution >= 0.6 is 0 Å². The molecule has 0 bridgehead atoms. The molecular formula is C17H21N3O4S. The Morgan fingerprint density at radius 1 is 1.44 bits per heavy atom. The topological polar surface area (TPSA) is 84.5 Å². The molecule has 1 aromatic heterocycles. The van der Waals surface area contributed by atoms with E-state index in [1.807, 2.05) is 12.1 Å². The molecule has 0 saturated carbocycles. The van der Waals surface area contributed by atoms with E-state index in [2.05, 4.69) is 10.2 Å². The monoisotopic (exact) mass is 363 g/mol. The first-order valence-electron chi connectivity index (χ1n) is 8.22. The lowest BCUT2D eigenvalue weighted by Gasteiger charge is -2.26. The van der Waals surface area contributed by atoms with Gasteiger partial charge in [-0.2, -0.15) is 9.40 Å². The molecule has 134 valence electrons. The van der Waals surface area contributed by atoms with Crippen LogP contribution in [0.4, 0.5) is 0 Å². The molecule has 1 N–H and O–H groups in total. The number of rotatable bonds is 5. The Morgan fingerprint density at radius 3 is 3.04 bits per heavy atom. The van der Waals surface area contributed by atoms with Crippen molar-refractivity contribution in [3.63, 3.8) is 0 Å². The summed E-state index contributed by atoms with van der Waals surface area (Å²) in [6, 6.07) is 7.05. The number of benzene rings is 1. The van der Waals surface area contributed by atoms with Crippen molar-refractivity contribution < 1.29 is 17.9 Å². The summed E-state index contributed by atoms with van der Waals surface area (Å²) in [5.74, 6) is 0.170. The summed E-state index contributed by atoms with van der Waals surface area (Å²) in [5, 5.41) is 6.67. The van der Waals surface area contributed by atoms with Crippen LogP contribution in [0.2, 0.25) is 0 Å². The summed E-state index contributed by atoms with van der Waals surface area (Å²) in [7, 11) is -1.97. The molecule has 8 heteroatoms. The van der Waals surface area contributed by atoms with E-state index >= 15 is 0 Å². The van der Waals surface area contributed by atoms with Crippen molar-refractivity contribution in [1.82, 2.24) is 14.5 Å². The molecule has 3 heterocycles. The minimum atomic E-state index is -3.61. The number of aromatic nitrogens is 2. The molecular weight excluding hydrogens is 342 g/mol. The highest BCUT2D eigenvalue weighted by Crippen LogP contribution is 2.44. The molecule has 0 amide bonds. The third-order valence-electron chi connectivity index (χ3n) is 5.24. The SMILES string of the molecule is COC[C@@]12COC[C@@H]1CN(S(=O)(=O)c1ccccc1-c1cn[nH]c1)C2. The van der Waals surface area contributed by atoms with Gasteiger partial charge in [-0.15, -0.1) is 0 Å². The van der Waals surface area contributed by atoms with E-state index in [9.17, 15) is 8.42 Å². The molecule has 2 atom stereocenters. The van der Waals surface area contributed by atoms with Crippen molar-refractivity contribution in [2.75, 3.05) is 40.0 Å². The molecule has 7 nitrogen and oxygen atoms in total. The molecule has 1 aromatic carbocycles. The summed E-state index contributed by atoms with van der Waals surface area (Å²) in [6.07, 6.45) is 3.33. The standard InChI is InChI=1S/C17H21N3O4S/c1-23-11-17-10-20(8-14(17)9-24-12-17)25(21,22)16-5-3-2-4-15(16)13-6-18-19-7-13/h2-7,14H,8-12H2,1H3,(H,18,19)/t14-,17-/m0/s1. The van der Waals surface area contributed by atoms with Gasteiger partial charge in [-0.1, -0.05) is 18.2 Å². The molecule has 0 aliphatic carbocycles. The van der Waals surface area contributed by atoms with Gasteiger partial charge in [0.2, 0.25) is 10.0 Å². The fourth-order valence-corrected chi connectivity index (χ4v) is 5.72. The predicted octanol–water partition coefficient (Wildman–Crippen LogP) is 1.36. The van der Waals surface area contributed by atoms with Crippen LogP contribution in [-0.4, -0.2) is 62.9 Å². The lowest BCUT2D eigenvalue weighted by molar-refractivity contribution is 0.0601. The van der Waals surface area contributed by atoms with Gasteiger partial charge in [-0.3, -0.25) is 5.10 Å². The van der Waals surface area contributed by atoms with E-state index in [-0.39, 0.29) is 11.3 Å². The van der Waals surface area contributed by atoms with Gasteiger partial charge in [-0.25, -0.2) is 8.42 Å². The summed E-state index contributed by atoms with van der Waals surface area (Å²) in [5.41, 5.74) is 1.17.